The van der Waals surface area contributed by atoms with E-state index >= 15 is 0 Å². The summed E-state index contributed by atoms with van der Waals surface area (Å²) in [7, 11) is 1.47. The van der Waals surface area contributed by atoms with E-state index in [4.69, 9.17) is 16.9 Å². The summed E-state index contributed by atoms with van der Waals surface area (Å²) in [4.78, 5) is 10.6. The van der Waals surface area contributed by atoms with Crippen LogP contribution in [0.1, 0.15) is 15.9 Å². The average Bonchev–Trinajstić information content (AvgIpc) is 2.17. The van der Waals surface area contributed by atoms with Gasteiger partial charge in [0.15, 0.2) is 6.29 Å². The summed E-state index contributed by atoms with van der Waals surface area (Å²) in [6, 6.07) is 3.07. The Labute approximate surface area is 76.5 Å². The Morgan fingerprint density at radius 2 is 2.31 bits per heavy atom. The first-order chi connectivity index (χ1) is 6.22. The minimum absolute atomic E-state index is 0.407. The number of anilines is 1. The number of benzene rings is 1. The van der Waals surface area contributed by atoms with E-state index in [1.54, 1.807) is 6.07 Å². The highest BCUT2D eigenvalue weighted by atomic mass is 16.5. The van der Waals surface area contributed by atoms with Crippen LogP contribution in [-0.2, 0) is 0 Å². The van der Waals surface area contributed by atoms with Crippen molar-refractivity contribution in [2.75, 3.05) is 12.8 Å². The Morgan fingerprint density at radius 1 is 1.62 bits per heavy atom. The summed E-state index contributed by atoms with van der Waals surface area (Å²) in [5, 5.41) is 0. The molecule has 3 nitrogen and oxygen atoms in total. The lowest BCUT2D eigenvalue weighted by molar-refractivity contribution is 0.112. The van der Waals surface area contributed by atoms with Crippen LogP contribution in [0.25, 0.3) is 0 Å². The van der Waals surface area contributed by atoms with Crippen LogP contribution < -0.4 is 10.5 Å². The molecule has 0 bridgehead atoms. The molecule has 0 aromatic heterocycles. The molecule has 1 aromatic carbocycles. The van der Waals surface area contributed by atoms with Crippen molar-refractivity contribution < 1.29 is 9.53 Å². The molecule has 3 heteroatoms. The molecule has 0 aliphatic carbocycles. The third-order valence-electron chi connectivity index (χ3n) is 1.68. The Balaban J connectivity index is 3.36. The maximum atomic E-state index is 10.6. The van der Waals surface area contributed by atoms with E-state index in [0.717, 1.165) is 0 Å². The number of hydrogen-bond donors (Lipinski definition) is 1. The van der Waals surface area contributed by atoms with Crippen molar-refractivity contribution in [3.63, 3.8) is 0 Å². The molecule has 1 aromatic rings. The van der Waals surface area contributed by atoms with E-state index in [-0.39, 0.29) is 0 Å². The number of carbonyl (C=O) groups is 1. The molecule has 0 unspecified atom stereocenters. The van der Waals surface area contributed by atoms with Crippen LogP contribution in [0.5, 0.6) is 5.75 Å². The lowest BCUT2D eigenvalue weighted by Gasteiger charge is -2.05. The molecule has 0 fully saturated rings. The van der Waals surface area contributed by atoms with Gasteiger partial charge in [-0.05, 0) is 6.07 Å². The van der Waals surface area contributed by atoms with Crippen molar-refractivity contribution in [1.82, 2.24) is 0 Å². The summed E-state index contributed by atoms with van der Waals surface area (Å²) >= 11 is 0. The zero-order chi connectivity index (χ0) is 9.84. The van der Waals surface area contributed by atoms with E-state index in [9.17, 15) is 4.79 Å². The van der Waals surface area contributed by atoms with E-state index in [2.05, 4.69) is 5.92 Å². The van der Waals surface area contributed by atoms with Crippen molar-refractivity contribution in [3.05, 3.63) is 23.3 Å². The molecule has 13 heavy (non-hydrogen) atoms. The molecule has 0 saturated carbocycles. The highest BCUT2D eigenvalue weighted by Crippen LogP contribution is 2.23. The molecule has 0 amide bonds. The van der Waals surface area contributed by atoms with Crippen molar-refractivity contribution in [3.8, 4) is 18.1 Å². The maximum absolute atomic E-state index is 10.6. The standard InChI is InChI=1S/C10H9NO2/c1-3-7-4-8(6-12)10(13-2)5-9(7)11/h1,4-6H,11H2,2H3. The van der Waals surface area contributed by atoms with Gasteiger partial charge in [0.2, 0.25) is 0 Å². The minimum atomic E-state index is 0.407. The summed E-state index contributed by atoms with van der Waals surface area (Å²) in [5.74, 6) is 2.82. The highest BCUT2D eigenvalue weighted by molar-refractivity contribution is 5.82. The maximum Gasteiger partial charge on any atom is 0.153 e. The fraction of sp³-hybridized carbons (Fsp3) is 0.100. The van der Waals surface area contributed by atoms with Crippen molar-refractivity contribution in [2.45, 2.75) is 0 Å². The number of hydrogen-bond acceptors (Lipinski definition) is 3. The van der Waals surface area contributed by atoms with E-state index < -0.39 is 0 Å². The lowest BCUT2D eigenvalue weighted by atomic mass is 10.1. The second kappa shape index (κ2) is 3.63. The van der Waals surface area contributed by atoms with Crippen LogP contribution in [0.2, 0.25) is 0 Å². The molecule has 0 radical (unpaired) electrons. The number of ether oxygens (including phenoxy) is 1. The van der Waals surface area contributed by atoms with Crippen molar-refractivity contribution in [2.24, 2.45) is 0 Å². The minimum Gasteiger partial charge on any atom is -0.496 e. The molecule has 2 N–H and O–H groups in total. The van der Waals surface area contributed by atoms with Gasteiger partial charge in [-0.15, -0.1) is 6.42 Å². The quantitative estimate of drug-likeness (QED) is 0.415. The van der Waals surface area contributed by atoms with E-state index in [1.807, 2.05) is 0 Å². The summed E-state index contributed by atoms with van der Waals surface area (Å²) in [5.41, 5.74) is 6.94. The van der Waals surface area contributed by atoms with Gasteiger partial charge in [-0.2, -0.15) is 0 Å². The van der Waals surface area contributed by atoms with Gasteiger partial charge in [0.05, 0.1) is 18.4 Å². The zero-order valence-electron chi connectivity index (χ0n) is 7.20. The topological polar surface area (TPSA) is 52.3 Å². The normalized spacial score (nSPS) is 8.92. The molecule has 0 saturated heterocycles. The van der Waals surface area contributed by atoms with Crippen molar-refractivity contribution in [1.29, 1.82) is 0 Å². The van der Waals surface area contributed by atoms with Crippen LogP contribution >= 0.6 is 0 Å². The van der Waals surface area contributed by atoms with Gasteiger partial charge in [-0.25, -0.2) is 0 Å². The first-order valence-corrected chi connectivity index (χ1v) is 3.62. The molecule has 0 heterocycles. The molecule has 0 atom stereocenters. The lowest BCUT2D eigenvalue weighted by Crippen LogP contribution is -1.96. The van der Waals surface area contributed by atoms with Crippen LogP contribution in [-0.4, -0.2) is 13.4 Å². The third kappa shape index (κ3) is 1.62. The predicted molar refractivity (Wildman–Crippen MR) is 50.7 cm³/mol. The molecule has 0 aliphatic rings. The van der Waals surface area contributed by atoms with E-state index in [0.29, 0.717) is 28.8 Å². The smallest absolute Gasteiger partial charge is 0.153 e. The number of nitrogens with two attached hydrogens (primary N) is 1. The fourth-order valence-corrected chi connectivity index (χ4v) is 1.01. The van der Waals surface area contributed by atoms with Gasteiger partial charge < -0.3 is 10.5 Å². The fourth-order valence-electron chi connectivity index (χ4n) is 1.01. The first-order valence-electron chi connectivity index (χ1n) is 3.62. The van der Waals surface area contributed by atoms with Crippen LogP contribution in [0.15, 0.2) is 12.1 Å². The zero-order valence-corrected chi connectivity index (χ0v) is 7.20. The van der Waals surface area contributed by atoms with Gasteiger partial charge in [0, 0.05) is 11.6 Å². The average molecular weight is 175 g/mol. The molecule has 0 aliphatic heterocycles. The van der Waals surface area contributed by atoms with Gasteiger partial charge in [0.25, 0.3) is 0 Å². The van der Waals surface area contributed by atoms with Gasteiger partial charge in [-0.1, -0.05) is 5.92 Å². The Morgan fingerprint density at radius 3 is 2.77 bits per heavy atom. The monoisotopic (exact) mass is 175 g/mol. The third-order valence-corrected chi connectivity index (χ3v) is 1.68. The largest absolute Gasteiger partial charge is 0.496 e. The highest BCUT2D eigenvalue weighted by Gasteiger charge is 2.05. The Hall–Kier alpha value is -1.95. The van der Waals surface area contributed by atoms with Gasteiger partial charge in [-0.3, -0.25) is 4.79 Å². The number of nitrogen functional groups attached to an aromatic ring is 1. The van der Waals surface area contributed by atoms with Gasteiger partial charge in [0.1, 0.15) is 5.75 Å². The molecule has 1 rings (SSSR count). The number of terminal acetylenes is 1. The summed E-state index contributed by atoms with van der Waals surface area (Å²) in [6.07, 6.45) is 5.86. The second-order valence-corrected chi connectivity index (χ2v) is 2.44. The number of rotatable bonds is 2. The predicted octanol–water partition coefficient (Wildman–Crippen LogP) is 1.07. The Bertz CT molecular complexity index is 377. The molecular formula is C10H9NO2. The van der Waals surface area contributed by atoms with E-state index in [1.165, 1.54) is 13.2 Å². The van der Waals surface area contributed by atoms with Gasteiger partial charge >= 0.3 is 0 Å². The summed E-state index contributed by atoms with van der Waals surface area (Å²) in [6.45, 7) is 0. The number of aldehydes is 1. The Kier molecular flexibility index (Phi) is 2.56. The number of carbonyl (C=O) groups excluding carboxylic acids is 1. The second-order valence-electron chi connectivity index (χ2n) is 2.44. The number of methoxy groups -OCH3 is 1. The van der Waals surface area contributed by atoms with Crippen molar-refractivity contribution >= 4 is 12.0 Å². The molecular weight excluding hydrogens is 166 g/mol. The van der Waals surface area contributed by atoms with Crippen LogP contribution in [0.4, 0.5) is 5.69 Å². The van der Waals surface area contributed by atoms with Crippen LogP contribution in [0.3, 0.4) is 0 Å². The first kappa shape index (κ1) is 9.14. The van der Waals surface area contributed by atoms with Crippen LogP contribution in [0, 0.1) is 12.3 Å². The summed E-state index contributed by atoms with van der Waals surface area (Å²) < 4.78 is 4.94. The molecule has 66 valence electrons. The SMILES string of the molecule is C#Cc1cc(C=O)c(OC)cc1N. The molecule has 0 spiro atoms.